The first-order valence-corrected chi connectivity index (χ1v) is 11.7. The van der Waals surface area contributed by atoms with E-state index in [2.05, 4.69) is 25.8 Å². The van der Waals surface area contributed by atoms with E-state index in [-0.39, 0.29) is 35.9 Å². The minimum atomic E-state index is -0.380. The highest BCUT2D eigenvalue weighted by Crippen LogP contribution is 2.31. The molecule has 1 aliphatic rings. The molecule has 12 heteroatoms. The van der Waals surface area contributed by atoms with Crippen LogP contribution in [0.5, 0.6) is 0 Å². The van der Waals surface area contributed by atoms with Crippen molar-refractivity contribution in [3.8, 4) is 5.69 Å². The number of tetrazole rings is 1. The summed E-state index contributed by atoms with van der Waals surface area (Å²) in [6.07, 6.45) is 4.88. The molecule has 0 radical (unpaired) electrons. The molecule has 33 heavy (non-hydrogen) atoms. The van der Waals surface area contributed by atoms with E-state index in [1.807, 2.05) is 31.2 Å². The van der Waals surface area contributed by atoms with Gasteiger partial charge in [-0.1, -0.05) is 36.0 Å². The number of carbonyl (C=O) groups excluding carboxylic acids is 3. The number of imide groups is 1. The molecule has 3 aromatic rings. The Bertz CT molecular complexity index is 1210. The lowest BCUT2D eigenvalue weighted by Gasteiger charge is -2.13. The van der Waals surface area contributed by atoms with E-state index in [4.69, 9.17) is 0 Å². The van der Waals surface area contributed by atoms with Crippen molar-refractivity contribution in [2.45, 2.75) is 12.1 Å². The van der Waals surface area contributed by atoms with Gasteiger partial charge in [0, 0.05) is 25.5 Å². The first-order valence-electron chi connectivity index (χ1n) is 9.92. The molecule has 3 amide bonds. The molecule has 0 spiro atoms. The first kappa shape index (κ1) is 22.7. The molecule has 1 aromatic carbocycles. The van der Waals surface area contributed by atoms with Crippen molar-refractivity contribution in [1.82, 2.24) is 35.4 Å². The summed E-state index contributed by atoms with van der Waals surface area (Å²) in [5.41, 5.74) is 2.58. The number of aryl methyl sites for hydroxylation is 1. The number of para-hydroxylation sites is 1. The number of aromatic nitrogens is 5. The quantitative estimate of drug-likeness (QED) is 0.381. The minimum Gasteiger partial charge on any atom is -0.354 e. The lowest BCUT2D eigenvalue weighted by molar-refractivity contribution is -0.123. The molecule has 1 fully saturated rings. The fraction of sp³-hybridized carbons (Fsp3) is 0.190. The molecular weight excluding hydrogens is 462 g/mol. The van der Waals surface area contributed by atoms with Gasteiger partial charge in [0.1, 0.15) is 0 Å². The Morgan fingerprint density at radius 3 is 2.85 bits per heavy atom. The van der Waals surface area contributed by atoms with Crippen molar-refractivity contribution in [2.24, 2.45) is 0 Å². The lowest BCUT2D eigenvalue weighted by Crippen LogP contribution is -2.37. The molecule has 0 unspecified atom stereocenters. The summed E-state index contributed by atoms with van der Waals surface area (Å²) in [5.74, 6) is -0.540. The third kappa shape index (κ3) is 5.46. The Hall–Kier alpha value is -3.51. The van der Waals surface area contributed by atoms with E-state index >= 15 is 0 Å². The zero-order chi connectivity index (χ0) is 23.2. The van der Waals surface area contributed by atoms with Crippen molar-refractivity contribution >= 4 is 46.7 Å². The fourth-order valence-corrected chi connectivity index (χ4v) is 4.59. The molecular formula is C21H19N7O3S2. The molecule has 10 nitrogen and oxygen atoms in total. The van der Waals surface area contributed by atoms with E-state index in [1.54, 1.807) is 35.3 Å². The number of amides is 3. The van der Waals surface area contributed by atoms with Gasteiger partial charge in [-0.25, -0.2) is 0 Å². The third-order valence-electron chi connectivity index (χ3n) is 4.63. The number of carbonyl (C=O) groups is 3. The summed E-state index contributed by atoms with van der Waals surface area (Å²) in [5, 5.41) is 14.5. The van der Waals surface area contributed by atoms with Crippen LogP contribution in [0.25, 0.3) is 11.8 Å². The van der Waals surface area contributed by atoms with Crippen molar-refractivity contribution < 1.29 is 14.4 Å². The summed E-state index contributed by atoms with van der Waals surface area (Å²) in [6.45, 7) is 2.20. The highest BCUT2D eigenvalue weighted by atomic mass is 32.2. The van der Waals surface area contributed by atoms with Gasteiger partial charge in [0.2, 0.25) is 11.1 Å². The van der Waals surface area contributed by atoms with Gasteiger partial charge >= 0.3 is 0 Å². The van der Waals surface area contributed by atoms with Gasteiger partial charge in [0.25, 0.3) is 11.1 Å². The predicted octanol–water partition coefficient (Wildman–Crippen LogP) is 2.31. The van der Waals surface area contributed by atoms with Crippen LogP contribution in [0.3, 0.4) is 0 Å². The second kappa shape index (κ2) is 10.4. The van der Waals surface area contributed by atoms with E-state index in [9.17, 15) is 14.4 Å². The zero-order valence-corrected chi connectivity index (χ0v) is 19.2. The Kier molecular flexibility index (Phi) is 7.15. The summed E-state index contributed by atoms with van der Waals surface area (Å²) in [7, 11) is 0. The average Bonchev–Trinajstić information content (AvgIpc) is 3.38. The molecule has 1 saturated heterocycles. The van der Waals surface area contributed by atoms with Gasteiger partial charge in [0.15, 0.2) is 0 Å². The summed E-state index contributed by atoms with van der Waals surface area (Å²) in [6, 6.07) is 11.2. The van der Waals surface area contributed by atoms with Gasteiger partial charge in [-0.2, -0.15) is 4.68 Å². The van der Waals surface area contributed by atoms with Crippen LogP contribution in [0.2, 0.25) is 0 Å². The molecule has 4 rings (SSSR count). The molecule has 0 saturated carbocycles. The predicted molar refractivity (Wildman–Crippen MR) is 125 cm³/mol. The highest BCUT2D eigenvalue weighted by Gasteiger charge is 2.34. The number of benzene rings is 1. The van der Waals surface area contributed by atoms with Gasteiger partial charge in [0.05, 0.1) is 16.3 Å². The van der Waals surface area contributed by atoms with Crippen LogP contribution in [-0.2, 0) is 9.59 Å². The van der Waals surface area contributed by atoms with Crippen LogP contribution in [0.15, 0.2) is 58.9 Å². The molecule has 168 valence electrons. The molecule has 1 aliphatic heterocycles. The molecule has 0 bridgehead atoms. The van der Waals surface area contributed by atoms with Crippen LogP contribution >= 0.6 is 23.5 Å². The molecule has 2 aromatic heterocycles. The van der Waals surface area contributed by atoms with Crippen LogP contribution in [0.4, 0.5) is 4.79 Å². The standard InChI is InChI=1S/C21H19N7O3S2/c1-14-5-2-3-7-16(14)28-20(24-25-26-28)32-13-18(29)23-9-10-27-19(30)17(33-21(27)31)11-15-6-4-8-22-12-15/h2-8,11-12H,9-10,13H2,1H3,(H,23,29). The van der Waals surface area contributed by atoms with Crippen LogP contribution in [-0.4, -0.2) is 66.0 Å². The Labute approximate surface area is 197 Å². The largest absolute Gasteiger partial charge is 0.354 e. The number of thioether (sulfide) groups is 2. The van der Waals surface area contributed by atoms with Gasteiger partial charge in [-0.05, 0) is 58.4 Å². The molecule has 3 heterocycles. The van der Waals surface area contributed by atoms with Crippen molar-refractivity contribution in [3.05, 3.63) is 64.8 Å². The number of rotatable bonds is 8. The minimum absolute atomic E-state index is 0.0897. The molecule has 0 aliphatic carbocycles. The van der Waals surface area contributed by atoms with E-state index in [1.165, 1.54) is 11.8 Å². The van der Waals surface area contributed by atoms with E-state index in [0.717, 1.165) is 33.5 Å². The summed E-state index contributed by atoms with van der Waals surface area (Å²) in [4.78, 5) is 42.5. The van der Waals surface area contributed by atoms with Gasteiger partial charge in [-0.15, -0.1) is 5.10 Å². The van der Waals surface area contributed by atoms with Crippen LogP contribution < -0.4 is 5.32 Å². The Morgan fingerprint density at radius 2 is 2.06 bits per heavy atom. The van der Waals surface area contributed by atoms with Crippen LogP contribution in [0.1, 0.15) is 11.1 Å². The number of nitrogens with one attached hydrogen (secondary N) is 1. The number of hydrogen-bond acceptors (Lipinski definition) is 9. The maximum atomic E-state index is 12.5. The number of nitrogens with zero attached hydrogens (tertiary/aromatic N) is 6. The fourth-order valence-electron chi connectivity index (χ4n) is 3.01. The first-order chi connectivity index (χ1) is 16.0. The Balaban J connectivity index is 1.27. The highest BCUT2D eigenvalue weighted by molar-refractivity contribution is 8.18. The van der Waals surface area contributed by atoms with Gasteiger partial charge in [-0.3, -0.25) is 24.3 Å². The maximum absolute atomic E-state index is 12.5. The van der Waals surface area contributed by atoms with Crippen molar-refractivity contribution in [2.75, 3.05) is 18.8 Å². The zero-order valence-electron chi connectivity index (χ0n) is 17.5. The number of hydrogen-bond donors (Lipinski definition) is 1. The normalized spacial score (nSPS) is 14.8. The monoisotopic (exact) mass is 481 g/mol. The second-order valence-corrected chi connectivity index (χ2v) is 8.85. The molecule has 0 atom stereocenters. The van der Waals surface area contributed by atoms with Gasteiger partial charge < -0.3 is 5.32 Å². The van der Waals surface area contributed by atoms with E-state index in [0.29, 0.717) is 10.1 Å². The summed E-state index contributed by atoms with van der Waals surface area (Å²) >= 11 is 2.07. The van der Waals surface area contributed by atoms with Crippen molar-refractivity contribution in [3.63, 3.8) is 0 Å². The van der Waals surface area contributed by atoms with Crippen LogP contribution in [0, 0.1) is 6.92 Å². The average molecular weight is 482 g/mol. The smallest absolute Gasteiger partial charge is 0.293 e. The SMILES string of the molecule is Cc1ccccc1-n1nnnc1SCC(=O)NCCN1C(=O)SC(=Cc2cccnc2)C1=O. The molecule has 1 N–H and O–H groups in total. The second-order valence-electron chi connectivity index (χ2n) is 6.92. The topological polar surface area (TPSA) is 123 Å². The van der Waals surface area contributed by atoms with Crippen molar-refractivity contribution in [1.29, 1.82) is 0 Å². The number of pyridine rings is 1. The maximum Gasteiger partial charge on any atom is 0.293 e. The lowest BCUT2D eigenvalue weighted by atomic mass is 10.2. The summed E-state index contributed by atoms with van der Waals surface area (Å²) < 4.78 is 1.59. The third-order valence-corrected chi connectivity index (χ3v) is 6.46. The van der Waals surface area contributed by atoms with E-state index < -0.39 is 0 Å². The Morgan fingerprint density at radius 1 is 1.21 bits per heavy atom.